The lowest BCUT2D eigenvalue weighted by atomic mass is 10.1. The van der Waals surface area contributed by atoms with Crippen LogP contribution < -0.4 is 14.8 Å². The molecule has 1 aliphatic rings. The summed E-state index contributed by atoms with van der Waals surface area (Å²) in [6, 6.07) is 12.4. The van der Waals surface area contributed by atoms with Gasteiger partial charge in [0.25, 0.3) is 0 Å². The van der Waals surface area contributed by atoms with E-state index in [2.05, 4.69) is 5.16 Å². The minimum atomic E-state index is 0.388. The second-order valence-corrected chi connectivity index (χ2v) is 5.53. The molecule has 0 amide bonds. The zero-order valence-corrected chi connectivity index (χ0v) is 12.7. The smallest absolute Gasteiger partial charge is 0.162 e. The Balaban J connectivity index is 1.91. The highest BCUT2D eigenvalue weighted by Crippen LogP contribution is 2.34. The van der Waals surface area contributed by atoms with Gasteiger partial charge in [0.05, 0.1) is 0 Å². The molecule has 0 unspecified atom stereocenters. The Morgan fingerprint density at radius 2 is 1.78 bits per heavy atom. The number of fused-ring (bicyclic) bond motifs is 2. The van der Waals surface area contributed by atoms with E-state index < -0.39 is 0 Å². The largest absolute Gasteiger partial charge is 0.486 e. The molecule has 0 atom stereocenters. The molecule has 1 aliphatic heterocycles. The molecule has 4 rings (SSSR count). The first-order valence-corrected chi connectivity index (χ1v) is 7.44. The summed E-state index contributed by atoms with van der Waals surface area (Å²) < 4.78 is 17.0. The molecule has 1 aromatic heterocycles. The number of benzene rings is 2. The van der Waals surface area contributed by atoms with Crippen molar-refractivity contribution < 1.29 is 19.1 Å². The first-order chi connectivity index (χ1) is 11.2. The van der Waals surface area contributed by atoms with Gasteiger partial charge in [-0.1, -0.05) is 16.8 Å². The average molecular weight is 330 g/mol. The van der Waals surface area contributed by atoms with Crippen LogP contribution in [0, 0.1) is 0 Å². The highest BCUT2D eigenvalue weighted by molar-refractivity contribution is 6.31. The van der Waals surface area contributed by atoms with E-state index in [9.17, 15) is 5.21 Å². The quantitative estimate of drug-likeness (QED) is 0.544. The summed E-state index contributed by atoms with van der Waals surface area (Å²) in [6.45, 7) is 1.06. The zero-order chi connectivity index (χ0) is 15.8. The summed E-state index contributed by atoms with van der Waals surface area (Å²) >= 11 is 5.99. The highest BCUT2D eigenvalue weighted by Gasteiger charge is 2.14. The molecule has 0 saturated carbocycles. The topological polar surface area (TPSA) is 64.2 Å². The standard InChI is InChI=1S/C17H12ClNO4/c18-11-2-4-14-12(8-11)13(19-20)9-16(23-14)10-1-3-15-17(7-10)22-6-5-21-15/h1-4,7-9,20H,5-6H2. The molecule has 5 nitrogen and oxygen atoms in total. The Morgan fingerprint density at radius 1 is 0.957 bits per heavy atom. The normalized spacial score (nSPS) is 14.2. The maximum Gasteiger partial charge on any atom is 0.162 e. The van der Waals surface area contributed by atoms with Gasteiger partial charge in [-0.3, -0.25) is 0 Å². The number of hydrogen-bond acceptors (Lipinski definition) is 5. The van der Waals surface area contributed by atoms with Crippen LogP contribution >= 0.6 is 11.6 Å². The van der Waals surface area contributed by atoms with E-state index in [1.807, 2.05) is 18.2 Å². The third kappa shape index (κ3) is 2.49. The van der Waals surface area contributed by atoms with Crippen LogP contribution in [-0.2, 0) is 0 Å². The molecule has 0 spiro atoms. The predicted molar refractivity (Wildman–Crippen MR) is 85.0 cm³/mol. The number of nitrogens with zero attached hydrogens (tertiary/aromatic N) is 1. The Kier molecular flexibility index (Phi) is 3.35. The summed E-state index contributed by atoms with van der Waals surface area (Å²) in [5.41, 5.74) is 1.38. The van der Waals surface area contributed by atoms with E-state index in [1.54, 1.807) is 24.3 Å². The van der Waals surface area contributed by atoms with Gasteiger partial charge in [0.1, 0.15) is 29.9 Å². The summed E-state index contributed by atoms with van der Waals surface area (Å²) in [5, 5.41) is 14.2. The summed E-state index contributed by atoms with van der Waals surface area (Å²) in [7, 11) is 0. The minimum absolute atomic E-state index is 0.388. The lowest BCUT2D eigenvalue weighted by Crippen LogP contribution is -2.15. The molecule has 1 N–H and O–H groups in total. The van der Waals surface area contributed by atoms with E-state index in [0.29, 0.717) is 51.8 Å². The Bertz CT molecular complexity index is 964. The van der Waals surface area contributed by atoms with Crippen molar-refractivity contribution in [1.29, 1.82) is 0 Å². The average Bonchev–Trinajstić information content (AvgIpc) is 2.60. The van der Waals surface area contributed by atoms with Gasteiger partial charge >= 0.3 is 0 Å². The first-order valence-electron chi connectivity index (χ1n) is 7.06. The van der Waals surface area contributed by atoms with Crippen molar-refractivity contribution in [1.82, 2.24) is 0 Å². The molecule has 116 valence electrons. The number of rotatable bonds is 1. The molecule has 2 heterocycles. The van der Waals surface area contributed by atoms with Crippen LogP contribution in [0.5, 0.6) is 11.5 Å². The third-order valence-electron chi connectivity index (χ3n) is 3.64. The Morgan fingerprint density at radius 3 is 2.61 bits per heavy atom. The van der Waals surface area contributed by atoms with Gasteiger partial charge in [0.15, 0.2) is 11.5 Å². The molecular weight excluding hydrogens is 318 g/mol. The SMILES string of the molecule is ON=c1cc(-c2ccc3c(c2)OCCO3)oc2ccc(Cl)cc12. The van der Waals surface area contributed by atoms with Gasteiger partial charge in [-0.25, -0.2) is 0 Å². The molecule has 23 heavy (non-hydrogen) atoms. The van der Waals surface area contributed by atoms with Crippen molar-refractivity contribution in [2.75, 3.05) is 13.2 Å². The number of hydrogen-bond donors (Lipinski definition) is 1. The molecule has 0 radical (unpaired) electrons. The van der Waals surface area contributed by atoms with Crippen LogP contribution in [0.25, 0.3) is 22.3 Å². The van der Waals surface area contributed by atoms with Crippen molar-refractivity contribution in [3.8, 4) is 22.8 Å². The molecule has 2 aromatic carbocycles. The van der Waals surface area contributed by atoms with Crippen molar-refractivity contribution in [3.63, 3.8) is 0 Å². The van der Waals surface area contributed by atoms with Gasteiger partial charge in [-0.15, -0.1) is 0 Å². The monoisotopic (exact) mass is 329 g/mol. The van der Waals surface area contributed by atoms with E-state index in [4.69, 9.17) is 25.5 Å². The van der Waals surface area contributed by atoms with Gasteiger partial charge in [-0.05, 0) is 36.4 Å². The van der Waals surface area contributed by atoms with Crippen LogP contribution in [0.2, 0.25) is 5.02 Å². The van der Waals surface area contributed by atoms with Crippen LogP contribution in [0.15, 0.2) is 52.0 Å². The van der Waals surface area contributed by atoms with Crippen molar-refractivity contribution >= 4 is 22.6 Å². The van der Waals surface area contributed by atoms with Crippen molar-refractivity contribution in [3.05, 3.63) is 52.8 Å². The second-order valence-electron chi connectivity index (χ2n) is 5.09. The predicted octanol–water partition coefficient (Wildman–Crippen LogP) is 3.81. The molecule has 0 saturated heterocycles. The third-order valence-corrected chi connectivity index (χ3v) is 3.87. The molecule has 0 fully saturated rings. The molecular formula is C17H12ClNO4. The summed E-state index contributed by atoms with van der Waals surface area (Å²) in [6.07, 6.45) is 0. The fraction of sp³-hybridized carbons (Fsp3) is 0.118. The number of halogens is 1. The van der Waals surface area contributed by atoms with Gasteiger partial charge in [0.2, 0.25) is 0 Å². The maximum absolute atomic E-state index is 9.29. The maximum atomic E-state index is 9.29. The summed E-state index contributed by atoms with van der Waals surface area (Å²) in [5.74, 6) is 1.94. The van der Waals surface area contributed by atoms with Gasteiger partial charge < -0.3 is 19.1 Å². The van der Waals surface area contributed by atoms with Gasteiger partial charge in [-0.2, -0.15) is 0 Å². The van der Waals surface area contributed by atoms with E-state index in [-0.39, 0.29) is 0 Å². The summed E-state index contributed by atoms with van der Waals surface area (Å²) in [4.78, 5) is 0. The van der Waals surface area contributed by atoms with Crippen LogP contribution in [-0.4, -0.2) is 18.4 Å². The second kappa shape index (κ2) is 5.52. The zero-order valence-electron chi connectivity index (χ0n) is 12.0. The fourth-order valence-electron chi connectivity index (χ4n) is 2.56. The minimum Gasteiger partial charge on any atom is -0.486 e. The highest BCUT2D eigenvalue weighted by atomic mass is 35.5. The Hall–Kier alpha value is -2.66. The molecule has 3 aromatic rings. The Labute approximate surface area is 136 Å². The number of ether oxygens (including phenoxy) is 2. The van der Waals surface area contributed by atoms with E-state index >= 15 is 0 Å². The lowest BCUT2D eigenvalue weighted by molar-refractivity contribution is 0.171. The van der Waals surface area contributed by atoms with Crippen LogP contribution in [0.3, 0.4) is 0 Å². The van der Waals surface area contributed by atoms with Gasteiger partial charge in [0, 0.05) is 22.0 Å². The fourth-order valence-corrected chi connectivity index (χ4v) is 2.73. The molecule has 6 heteroatoms. The van der Waals surface area contributed by atoms with Crippen molar-refractivity contribution in [2.45, 2.75) is 0 Å². The van der Waals surface area contributed by atoms with Crippen LogP contribution in [0.1, 0.15) is 0 Å². The van der Waals surface area contributed by atoms with E-state index in [1.165, 1.54) is 0 Å². The van der Waals surface area contributed by atoms with E-state index in [0.717, 1.165) is 5.56 Å². The lowest BCUT2D eigenvalue weighted by Gasteiger charge is -2.18. The molecule has 0 bridgehead atoms. The molecule has 0 aliphatic carbocycles. The van der Waals surface area contributed by atoms with Crippen LogP contribution in [0.4, 0.5) is 0 Å². The van der Waals surface area contributed by atoms with Crippen molar-refractivity contribution in [2.24, 2.45) is 5.16 Å². The first kappa shape index (κ1) is 14.0.